The van der Waals surface area contributed by atoms with Gasteiger partial charge >= 0.3 is 0 Å². The van der Waals surface area contributed by atoms with Crippen LogP contribution in [0.1, 0.15) is 19.5 Å². The van der Waals surface area contributed by atoms with Crippen LogP contribution in [0.5, 0.6) is 0 Å². The molecule has 78 valence electrons. The Morgan fingerprint density at radius 2 is 2.29 bits per heavy atom. The molecule has 0 bridgehead atoms. The number of hydrogen-bond acceptors (Lipinski definition) is 4. The molecule has 1 N–H and O–H groups in total. The lowest BCUT2D eigenvalue weighted by Crippen LogP contribution is -2.22. The normalized spacial score (nSPS) is 12.5. The fraction of sp³-hybridized carbons (Fsp3) is 0.600. The van der Waals surface area contributed by atoms with Crippen LogP contribution in [0.4, 0.5) is 5.82 Å². The Labute approximate surface area is 84.7 Å². The van der Waals surface area contributed by atoms with Gasteiger partial charge in [0.05, 0.1) is 6.61 Å². The molecule has 0 aliphatic rings. The van der Waals surface area contributed by atoms with Crippen molar-refractivity contribution in [1.29, 1.82) is 0 Å². The predicted molar refractivity (Wildman–Crippen MR) is 56.3 cm³/mol. The third-order valence-corrected chi connectivity index (χ3v) is 1.77. The summed E-state index contributed by atoms with van der Waals surface area (Å²) < 4.78 is 5.29. The second-order valence-corrected chi connectivity index (χ2v) is 3.25. The van der Waals surface area contributed by atoms with E-state index in [-0.39, 0.29) is 6.04 Å². The van der Waals surface area contributed by atoms with Gasteiger partial charge in [-0.15, -0.1) is 0 Å². The maximum absolute atomic E-state index is 5.29. The highest BCUT2D eigenvalue weighted by Gasteiger charge is 2.02. The highest BCUT2D eigenvalue weighted by molar-refractivity contribution is 5.35. The molecule has 0 fully saturated rings. The van der Waals surface area contributed by atoms with Crippen molar-refractivity contribution in [2.45, 2.75) is 26.8 Å². The monoisotopic (exact) mass is 195 g/mol. The van der Waals surface area contributed by atoms with Gasteiger partial charge in [-0.2, -0.15) is 0 Å². The molecule has 0 spiro atoms. The highest BCUT2D eigenvalue weighted by atomic mass is 16.5. The van der Waals surface area contributed by atoms with Gasteiger partial charge in [-0.25, -0.2) is 9.97 Å². The average Bonchev–Trinajstić information content (AvgIpc) is 2.15. The molecule has 0 amide bonds. The van der Waals surface area contributed by atoms with E-state index in [1.807, 2.05) is 19.9 Å². The van der Waals surface area contributed by atoms with E-state index in [1.54, 1.807) is 6.33 Å². The Morgan fingerprint density at radius 3 is 2.93 bits per heavy atom. The summed E-state index contributed by atoms with van der Waals surface area (Å²) in [5, 5.41) is 3.24. The molecule has 0 radical (unpaired) electrons. The number of aryl methyl sites for hydroxylation is 1. The van der Waals surface area contributed by atoms with Crippen LogP contribution in [-0.4, -0.2) is 29.2 Å². The maximum atomic E-state index is 5.29. The molecule has 1 aromatic heterocycles. The molecule has 1 atom stereocenters. The van der Waals surface area contributed by atoms with Crippen LogP contribution in [0.15, 0.2) is 12.4 Å². The zero-order chi connectivity index (χ0) is 10.4. The van der Waals surface area contributed by atoms with Crippen LogP contribution in [0.2, 0.25) is 0 Å². The minimum absolute atomic E-state index is 0.268. The molecular formula is C10H17N3O. The first-order valence-corrected chi connectivity index (χ1v) is 4.85. The summed E-state index contributed by atoms with van der Waals surface area (Å²) in [4.78, 5) is 8.14. The largest absolute Gasteiger partial charge is 0.380 e. The maximum Gasteiger partial charge on any atom is 0.129 e. The third-order valence-electron chi connectivity index (χ3n) is 1.77. The van der Waals surface area contributed by atoms with E-state index < -0.39 is 0 Å². The Kier molecular flexibility index (Phi) is 4.32. The Bertz CT molecular complexity index is 278. The minimum atomic E-state index is 0.268. The lowest BCUT2D eigenvalue weighted by Gasteiger charge is -2.13. The minimum Gasteiger partial charge on any atom is -0.380 e. The zero-order valence-corrected chi connectivity index (χ0v) is 8.95. The number of hydrogen-bond donors (Lipinski definition) is 1. The van der Waals surface area contributed by atoms with Crippen molar-refractivity contribution < 1.29 is 4.74 Å². The number of anilines is 1. The van der Waals surface area contributed by atoms with E-state index in [2.05, 4.69) is 22.2 Å². The van der Waals surface area contributed by atoms with Gasteiger partial charge in [0.15, 0.2) is 0 Å². The highest BCUT2D eigenvalue weighted by Crippen LogP contribution is 2.04. The molecule has 4 nitrogen and oxygen atoms in total. The summed E-state index contributed by atoms with van der Waals surface area (Å²) in [7, 11) is 0. The summed E-state index contributed by atoms with van der Waals surface area (Å²) in [6.07, 6.45) is 1.56. The van der Waals surface area contributed by atoms with Crippen molar-refractivity contribution in [3.63, 3.8) is 0 Å². The molecule has 0 aliphatic heterocycles. The van der Waals surface area contributed by atoms with E-state index in [0.29, 0.717) is 6.61 Å². The number of rotatable bonds is 5. The third kappa shape index (κ3) is 3.70. The van der Waals surface area contributed by atoms with Crippen molar-refractivity contribution in [2.24, 2.45) is 0 Å². The topological polar surface area (TPSA) is 47.0 Å². The van der Waals surface area contributed by atoms with Gasteiger partial charge in [0, 0.05) is 24.4 Å². The first-order chi connectivity index (χ1) is 6.72. The standard InChI is InChI=1S/C10H17N3O/c1-4-14-6-9(3)13-10-5-8(2)11-7-12-10/h5,7,9H,4,6H2,1-3H3,(H,11,12,13). The van der Waals surface area contributed by atoms with E-state index in [9.17, 15) is 0 Å². The Balaban J connectivity index is 2.43. The number of nitrogens with one attached hydrogen (secondary N) is 1. The summed E-state index contributed by atoms with van der Waals surface area (Å²) in [6.45, 7) is 7.43. The molecule has 4 heteroatoms. The molecular weight excluding hydrogens is 178 g/mol. The molecule has 0 aromatic carbocycles. The number of ether oxygens (including phenoxy) is 1. The predicted octanol–water partition coefficient (Wildman–Crippen LogP) is 1.62. The molecule has 1 aromatic rings. The fourth-order valence-electron chi connectivity index (χ4n) is 1.12. The SMILES string of the molecule is CCOCC(C)Nc1cc(C)ncn1. The lowest BCUT2D eigenvalue weighted by atomic mass is 10.3. The number of nitrogens with zero attached hydrogens (tertiary/aromatic N) is 2. The Hall–Kier alpha value is -1.16. The van der Waals surface area contributed by atoms with Gasteiger partial charge in [-0.1, -0.05) is 0 Å². The van der Waals surface area contributed by atoms with Crippen molar-refractivity contribution >= 4 is 5.82 Å². The van der Waals surface area contributed by atoms with Crippen LogP contribution in [0.25, 0.3) is 0 Å². The van der Waals surface area contributed by atoms with Crippen LogP contribution >= 0.6 is 0 Å². The second kappa shape index (κ2) is 5.54. The molecule has 1 unspecified atom stereocenters. The van der Waals surface area contributed by atoms with Crippen LogP contribution < -0.4 is 5.32 Å². The van der Waals surface area contributed by atoms with E-state index in [0.717, 1.165) is 18.1 Å². The van der Waals surface area contributed by atoms with Gasteiger partial charge in [-0.3, -0.25) is 0 Å². The number of aromatic nitrogens is 2. The van der Waals surface area contributed by atoms with Crippen molar-refractivity contribution in [2.75, 3.05) is 18.5 Å². The van der Waals surface area contributed by atoms with Crippen molar-refractivity contribution in [3.8, 4) is 0 Å². The van der Waals surface area contributed by atoms with Gasteiger partial charge in [0.2, 0.25) is 0 Å². The van der Waals surface area contributed by atoms with E-state index >= 15 is 0 Å². The smallest absolute Gasteiger partial charge is 0.129 e. The van der Waals surface area contributed by atoms with Crippen LogP contribution in [0.3, 0.4) is 0 Å². The average molecular weight is 195 g/mol. The van der Waals surface area contributed by atoms with Gasteiger partial charge in [-0.05, 0) is 20.8 Å². The van der Waals surface area contributed by atoms with Gasteiger partial charge in [0.1, 0.15) is 12.1 Å². The molecule has 0 aliphatic carbocycles. The van der Waals surface area contributed by atoms with Crippen molar-refractivity contribution in [3.05, 3.63) is 18.1 Å². The molecule has 1 heterocycles. The van der Waals surface area contributed by atoms with Crippen molar-refractivity contribution in [1.82, 2.24) is 9.97 Å². The lowest BCUT2D eigenvalue weighted by molar-refractivity contribution is 0.141. The van der Waals surface area contributed by atoms with Crippen LogP contribution in [0, 0.1) is 6.92 Å². The molecule has 0 saturated heterocycles. The summed E-state index contributed by atoms with van der Waals surface area (Å²) in [5.74, 6) is 0.852. The first kappa shape index (κ1) is 10.9. The molecule has 14 heavy (non-hydrogen) atoms. The van der Waals surface area contributed by atoms with Gasteiger partial charge in [0.25, 0.3) is 0 Å². The van der Waals surface area contributed by atoms with Gasteiger partial charge < -0.3 is 10.1 Å². The van der Waals surface area contributed by atoms with E-state index in [4.69, 9.17) is 4.74 Å². The Morgan fingerprint density at radius 1 is 1.50 bits per heavy atom. The summed E-state index contributed by atoms with van der Waals surface area (Å²) in [5.41, 5.74) is 0.964. The summed E-state index contributed by atoms with van der Waals surface area (Å²) >= 11 is 0. The first-order valence-electron chi connectivity index (χ1n) is 4.85. The quantitative estimate of drug-likeness (QED) is 0.775. The second-order valence-electron chi connectivity index (χ2n) is 3.25. The molecule has 0 saturated carbocycles. The zero-order valence-electron chi connectivity index (χ0n) is 8.95. The summed E-state index contributed by atoms with van der Waals surface area (Å²) in [6, 6.07) is 2.19. The molecule has 1 rings (SSSR count). The van der Waals surface area contributed by atoms with Crippen LogP contribution in [-0.2, 0) is 4.74 Å². The van der Waals surface area contributed by atoms with E-state index in [1.165, 1.54) is 0 Å². The fourth-order valence-corrected chi connectivity index (χ4v) is 1.12.